The van der Waals surface area contributed by atoms with Gasteiger partial charge in [0, 0.05) is 11.1 Å². The van der Waals surface area contributed by atoms with E-state index in [2.05, 4.69) is 25.9 Å². The number of carbonyl (C=O) groups is 2. The van der Waals surface area contributed by atoms with Crippen molar-refractivity contribution >= 4 is 34.4 Å². The first kappa shape index (κ1) is 22.0. The monoisotopic (exact) mass is 421 g/mol. The lowest BCUT2D eigenvalue weighted by Crippen LogP contribution is -2.36. The quantitative estimate of drug-likeness (QED) is 0.500. The van der Waals surface area contributed by atoms with Gasteiger partial charge in [-0.15, -0.1) is 0 Å². The Kier molecular flexibility index (Phi) is 7.02. The average Bonchev–Trinajstić information content (AvgIpc) is 2.76. The van der Waals surface area contributed by atoms with E-state index in [0.717, 1.165) is 10.9 Å². The smallest absolute Gasteiger partial charge is 0.328 e. The van der Waals surface area contributed by atoms with E-state index in [1.165, 1.54) is 7.11 Å². The van der Waals surface area contributed by atoms with Crippen LogP contribution in [0.5, 0.6) is 0 Å². The SMILES string of the molecule is COC(=O)[C@@H](Nc1nc(CNC(=O)Nc2ccc(C)cc2)nc2ccccc12)C(C)C. The van der Waals surface area contributed by atoms with E-state index < -0.39 is 6.04 Å². The van der Waals surface area contributed by atoms with Gasteiger partial charge in [0.1, 0.15) is 11.9 Å². The molecule has 0 aliphatic rings. The number of nitrogens with zero attached hydrogens (tertiary/aromatic N) is 2. The fourth-order valence-corrected chi connectivity index (χ4v) is 3.06. The zero-order valence-electron chi connectivity index (χ0n) is 18.1. The molecule has 0 unspecified atom stereocenters. The number of benzene rings is 2. The zero-order valence-corrected chi connectivity index (χ0v) is 18.1. The van der Waals surface area contributed by atoms with Crippen LogP contribution in [0.2, 0.25) is 0 Å². The third-order valence-corrected chi connectivity index (χ3v) is 4.78. The summed E-state index contributed by atoms with van der Waals surface area (Å²) in [7, 11) is 1.36. The number of rotatable bonds is 7. The van der Waals surface area contributed by atoms with E-state index in [1.807, 2.05) is 69.3 Å². The summed E-state index contributed by atoms with van der Waals surface area (Å²) in [6.45, 7) is 5.96. The van der Waals surface area contributed by atoms with Crippen molar-refractivity contribution in [2.75, 3.05) is 17.7 Å². The first-order chi connectivity index (χ1) is 14.9. The molecule has 0 saturated heterocycles. The Balaban J connectivity index is 1.78. The summed E-state index contributed by atoms with van der Waals surface area (Å²) >= 11 is 0. The topological polar surface area (TPSA) is 105 Å². The molecule has 1 atom stereocenters. The van der Waals surface area contributed by atoms with Crippen molar-refractivity contribution in [2.24, 2.45) is 5.92 Å². The van der Waals surface area contributed by atoms with Crippen molar-refractivity contribution in [1.29, 1.82) is 0 Å². The number of urea groups is 1. The summed E-state index contributed by atoms with van der Waals surface area (Å²) in [4.78, 5) is 33.5. The van der Waals surface area contributed by atoms with Crippen LogP contribution >= 0.6 is 0 Å². The van der Waals surface area contributed by atoms with Crippen molar-refractivity contribution < 1.29 is 14.3 Å². The number of anilines is 2. The van der Waals surface area contributed by atoms with E-state index in [1.54, 1.807) is 0 Å². The van der Waals surface area contributed by atoms with Crippen LogP contribution in [0.15, 0.2) is 48.5 Å². The lowest BCUT2D eigenvalue weighted by Gasteiger charge is -2.21. The molecule has 0 bridgehead atoms. The fourth-order valence-electron chi connectivity index (χ4n) is 3.06. The number of fused-ring (bicyclic) bond motifs is 1. The van der Waals surface area contributed by atoms with E-state index in [9.17, 15) is 9.59 Å². The third-order valence-electron chi connectivity index (χ3n) is 4.78. The number of amides is 2. The van der Waals surface area contributed by atoms with Gasteiger partial charge in [-0.05, 0) is 37.1 Å². The van der Waals surface area contributed by atoms with Crippen LogP contribution in [0.25, 0.3) is 10.9 Å². The summed E-state index contributed by atoms with van der Waals surface area (Å²) < 4.78 is 4.92. The molecule has 8 nitrogen and oxygen atoms in total. The first-order valence-electron chi connectivity index (χ1n) is 10.1. The molecule has 0 fully saturated rings. The molecule has 2 amide bonds. The molecule has 3 rings (SSSR count). The second-order valence-corrected chi connectivity index (χ2v) is 7.57. The Bertz CT molecular complexity index is 1070. The molecule has 3 aromatic rings. The lowest BCUT2D eigenvalue weighted by atomic mass is 10.0. The van der Waals surface area contributed by atoms with Gasteiger partial charge in [-0.25, -0.2) is 19.6 Å². The maximum absolute atomic E-state index is 12.3. The maximum atomic E-state index is 12.3. The molecule has 0 aliphatic carbocycles. The molecule has 1 heterocycles. The van der Waals surface area contributed by atoms with Crippen LogP contribution < -0.4 is 16.0 Å². The third kappa shape index (κ3) is 5.69. The number of hydrogen-bond acceptors (Lipinski definition) is 6. The van der Waals surface area contributed by atoms with Gasteiger partial charge in [-0.1, -0.05) is 43.7 Å². The zero-order chi connectivity index (χ0) is 22.4. The largest absolute Gasteiger partial charge is 0.467 e. The highest BCUT2D eigenvalue weighted by Crippen LogP contribution is 2.22. The molecule has 3 N–H and O–H groups in total. The van der Waals surface area contributed by atoms with E-state index in [-0.39, 0.29) is 24.5 Å². The minimum absolute atomic E-state index is 0.0111. The molecule has 162 valence electrons. The molecule has 0 saturated carbocycles. The second kappa shape index (κ2) is 9.88. The van der Waals surface area contributed by atoms with E-state index in [4.69, 9.17) is 4.74 Å². The first-order valence-corrected chi connectivity index (χ1v) is 10.1. The Morgan fingerprint density at radius 2 is 1.74 bits per heavy atom. The Hall–Kier alpha value is -3.68. The van der Waals surface area contributed by atoms with Gasteiger partial charge in [0.2, 0.25) is 0 Å². The van der Waals surface area contributed by atoms with E-state index >= 15 is 0 Å². The number of ether oxygens (including phenoxy) is 1. The van der Waals surface area contributed by atoms with Crippen LogP contribution in [-0.2, 0) is 16.1 Å². The van der Waals surface area contributed by atoms with E-state index in [0.29, 0.717) is 22.8 Å². The predicted octanol–water partition coefficient (Wildman–Crippen LogP) is 3.87. The molecular weight excluding hydrogens is 394 g/mol. The fraction of sp³-hybridized carbons (Fsp3) is 0.304. The summed E-state index contributed by atoms with van der Waals surface area (Å²) in [5, 5.41) is 9.52. The van der Waals surface area contributed by atoms with Crippen molar-refractivity contribution in [1.82, 2.24) is 15.3 Å². The number of hydrogen-bond donors (Lipinski definition) is 3. The lowest BCUT2D eigenvalue weighted by molar-refractivity contribution is -0.142. The van der Waals surface area contributed by atoms with Crippen molar-refractivity contribution in [2.45, 2.75) is 33.4 Å². The summed E-state index contributed by atoms with van der Waals surface area (Å²) in [6, 6.07) is 14.1. The molecule has 0 aliphatic heterocycles. The van der Waals surface area contributed by atoms with Gasteiger partial charge in [-0.2, -0.15) is 0 Å². The van der Waals surface area contributed by atoms with Gasteiger partial charge in [0.05, 0.1) is 19.2 Å². The molecule has 8 heteroatoms. The van der Waals surface area contributed by atoms with Crippen LogP contribution in [0.4, 0.5) is 16.3 Å². The predicted molar refractivity (Wildman–Crippen MR) is 121 cm³/mol. The minimum atomic E-state index is -0.561. The van der Waals surface area contributed by atoms with Crippen molar-refractivity contribution in [3.8, 4) is 0 Å². The van der Waals surface area contributed by atoms with Gasteiger partial charge in [0.25, 0.3) is 0 Å². The standard InChI is InChI=1S/C23H27N5O3/c1-14(2)20(22(29)31-4)28-21-17-7-5-6-8-18(17)26-19(27-21)13-24-23(30)25-16-11-9-15(3)10-12-16/h5-12,14,20H,13H2,1-4H3,(H2,24,25,30)(H,26,27,28)/t20-/m0/s1. The van der Waals surface area contributed by atoms with Crippen LogP contribution in [0.1, 0.15) is 25.2 Å². The van der Waals surface area contributed by atoms with Gasteiger partial charge < -0.3 is 20.7 Å². The molecule has 0 spiro atoms. The highest BCUT2D eigenvalue weighted by molar-refractivity contribution is 5.91. The number of methoxy groups -OCH3 is 1. The van der Waals surface area contributed by atoms with Crippen LogP contribution in [-0.4, -0.2) is 35.1 Å². The van der Waals surface area contributed by atoms with Gasteiger partial charge in [-0.3, -0.25) is 0 Å². The number of carbonyl (C=O) groups excluding carboxylic acids is 2. The number of aryl methyl sites for hydroxylation is 1. The number of para-hydroxylation sites is 1. The molecule has 0 radical (unpaired) electrons. The van der Waals surface area contributed by atoms with Crippen LogP contribution in [0, 0.1) is 12.8 Å². The summed E-state index contributed by atoms with van der Waals surface area (Å²) in [5.74, 6) is 0.566. The normalized spacial score (nSPS) is 11.8. The Morgan fingerprint density at radius 1 is 1.03 bits per heavy atom. The molecular formula is C23H27N5O3. The van der Waals surface area contributed by atoms with Gasteiger partial charge >= 0.3 is 12.0 Å². The summed E-state index contributed by atoms with van der Waals surface area (Å²) in [6.07, 6.45) is 0. The second-order valence-electron chi connectivity index (χ2n) is 7.57. The maximum Gasteiger partial charge on any atom is 0.328 e. The highest BCUT2D eigenvalue weighted by atomic mass is 16.5. The molecule has 31 heavy (non-hydrogen) atoms. The highest BCUT2D eigenvalue weighted by Gasteiger charge is 2.24. The number of aromatic nitrogens is 2. The van der Waals surface area contributed by atoms with Crippen molar-refractivity contribution in [3.05, 3.63) is 59.9 Å². The molecule has 2 aromatic carbocycles. The van der Waals surface area contributed by atoms with Crippen molar-refractivity contribution in [3.63, 3.8) is 0 Å². The minimum Gasteiger partial charge on any atom is -0.467 e. The average molecular weight is 422 g/mol. The number of nitrogens with one attached hydrogen (secondary N) is 3. The summed E-state index contributed by atoms with van der Waals surface area (Å²) in [5.41, 5.74) is 2.52. The van der Waals surface area contributed by atoms with Gasteiger partial charge in [0.15, 0.2) is 5.82 Å². The molecule has 1 aromatic heterocycles. The van der Waals surface area contributed by atoms with Crippen LogP contribution in [0.3, 0.4) is 0 Å². The Labute approximate surface area is 181 Å². The number of esters is 1. The Morgan fingerprint density at radius 3 is 2.42 bits per heavy atom.